The molecule has 5 nitrogen and oxygen atoms in total. The van der Waals surface area contributed by atoms with E-state index in [4.69, 9.17) is 4.74 Å². The standard InChI is InChI=1S/C12H20N2O3/c1-8-6-5-7-9(10(15)13-8)14-11(16)17-12(2,3)4/h8-9H,1,5-7H2,2-4H3,(H-,13,14,15,16)/p+1/t8-,9+/m0/s1. The SMILES string of the molecule is [CH2+][C@H]1CCC[C@@H](NC(=O)OC(C)(C)C)C(=O)N1. The van der Waals surface area contributed by atoms with Gasteiger partial charge in [-0.25, -0.2) is 4.79 Å². The molecule has 1 heterocycles. The summed E-state index contributed by atoms with van der Waals surface area (Å²) in [6.07, 6.45) is 1.75. The highest BCUT2D eigenvalue weighted by Gasteiger charge is 2.28. The molecule has 0 spiro atoms. The second kappa shape index (κ2) is 5.29. The normalized spacial score (nSPS) is 25.7. The lowest BCUT2D eigenvalue weighted by molar-refractivity contribution is -0.123. The Labute approximate surface area is 102 Å². The molecule has 1 saturated heterocycles. The molecule has 0 aromatic heterocycles. The number of carbonyl (C=O) groups is 2. The molecule has 0 radical (unpaired) electrons. The zero-order valence-electron chi connectivity index (χ0n) is 10.7. The van der Waals surface area contributed by atoms with Gasteiger partial charge in [0.15, 0.2) is 6.04 Å². The highest BCUT2D eigenvalue weighted by atomic mass is 16.6. The molecule has 0 aromatic rings. The topological polar surface area (TPSA) is 67.4 Å². The monoisotopic (exact) mass is 241 g/mol. The molecule has 0 saturated carbocycles. The molecule has 2 atom stereocenters. The quantitative estimate of drug-likeness (QED) is 0.682. The van der Waals surface area contributed by atoms with E-state index in [0.29, 0.717) is 6.42 Å². The van der Waals surface area contributed by atoms with Crippen LogP contribution in [0.5, 0.6) is 0 Å². The van der Waals surface area contributed by atoms with Gasteiger partial charge in [-0.05, 0) is 33.6 Å². The maximum Gasteiger partial charge on any atom is 0.408 e. The van der Waals surface area contributed by atoms with Crippen molar-refractivity contribution in [2.24, 2.45) is 0 Å². The van der Waals surface area contributed by atoms with Gasteiger partial charge in [-0.2, -0.15) is 0 Å². The predicted octanol–water partition coefficient (Wildman–Crippen LogP) is 1.38. The Hall–Kier alpha value is -1.39. The highest BCUT2D eigenvalue weighted by Crippen LogP contribution is 2.11. The second-order valence-corrected chi connectivity index (χ2v) is 5.34. The van der Waals surface area contributed by atoms with Crippen LogP contribution in [0.2, 0.25) is 0 Å². The van der Waals surface area contributed by atoms with Gasteiger partial charge in [0.2, 0.25) is 5.91 Å². The van der Waals surface area contributed by atoms with Crippen molar-refractivity contribution in [1.29, 1.82) is 0 Å². The number of hydrogen-bond donors (Lipinski definition) is 2. The van der Waals surface area contributed by atoms with E-state index in [2.05, 4.69) is 17.6 Å². The second-order valence-electron chi connectivity index (χ2n) is 5.34. The minimum absolute atomic E-state index is 0.0760. The van der Waals surface area contributed by atoms with Crippen molar-refractivity contribution in [2.75, 3.05) is 0 Å². The Morgan fingerprint density at radius 1 is 1.47 bits per heavy atom. The Morgan fingerprint density at radius 3 is 2.71 bits per heavy atom. The van der Waals surface area contributed by atoms with Gasteiger partial charge in [-0.3, -0.25) is 4.79 Å². The maximum atomic E-state index is 11.7. The van der Waals surface area contributed by atoms with Gasteiger partial charge in [0, 0.05) is 6.42 Å². The summed E-state index contributed by atoms with van der Waals surface area (Å²) in [5.74, 6) is -0.187. The summed E-state index contributed by atoms with van der Waals surface area (Å²) in [6.45, 7) is 9.16. The predicted molar refractivity (Wildman–Crippen MR) is 64.3 cm³/mol. The van der Waals surface area contributed by atoms with Gasteiger partial charge in [-0.1, -0.05) is 0 Å². The van der Waals surface area contributed by atoms with Crippen LogP contribution in [0.4, 0.5) is 4.79 Å². The summed E-state index contributed by atoms with van der Waals surface area (Å²) in [4.78, 5) is 23.2. The molecule has 1 aliphatic heterocycles. The number of hydrogen-bond acceptors (Lipinski definition) is 3. The van der Waals surface area contributed by atoms with Gasteiger partial charge < -0.3 is 15.4 Å². The molecule has 0 bridgehead atoms. The zero-order chi connectivity index (χ0) is 13.1. The van der Waals surface area contributed by atoms with Gasteiger partial charge in [-0.15, -0.1) is 0 Å². The molecule has 1 aliphatic rings. The third kappa shape index (κ3) is 4.97. The summed E-state index contributed by atoms with van der Waals surface area (Å²) in [5, 5.41) is 5.32. The van der Waals surface area contributed by atoms with Crippen molar-refractivity contribution >= 4 is 12.0 Å². The van der Waals surface area contributed by atoms with Crippen LogP contribution in [0, 0.1) is 6.92 Å². The molecular weight excluding hydrogens is 220 g/mol. The Morgan fingerprint density at radius 2 is 2.12 bits per heavy atom. The number of nitrogens with one attached hydrogen (secondary N) is 2. The molecule has 5 heteroatoms. The van der Waals surface area contributed by atoms with Gasteiger partial charge in [0.1, 0.15) is 11.6 Å². The van der Waals surface area contributed by atoms with Crippen molar-refractivity contribution in [1.82, 2.24) is 10.6 Å². The molecule has 1 fully saturated rings. The molecule has 1 rings (SSSR count). The third-order valence-corrected chi connectivity index (χ3v) is 2.40. The average molecular weight is 241 g/mol. The Bertz CT molecular complexity index is 297. The molecule has 17 heavy (non-hydrogen) atoms. The van der Waals surface area contributed by atoms with E-state index in [1.54, 1.807) is 20.8 Å². The van der Waals surface area contributed by atoms with E-state index in [-0.39, 0.29) is 11.9 Å². The summed E-state index contributed by atoms with van der Waals surface area (Å²) in [6, 6.07) is -0.593. The van der Waals surface area contributed by atoms with E-state index in [0.717, 1.165) is 12.8 Å². The first kappa shape index (κ1) is 13.7. The lowest BCUT2D eigenvalue weighted by Crippen LogP contribution is -2.48. The van der Waals surface area contributed by atoms with Crippen LogP contribution in [0.25, 0.3) is 0 Å². The van der Waals surface area contributed by atoms with Gasteiger partial charge in [0.05, 0.1) is 6.92 Å². The fourth-order valence-corrected chi connectivity index (χ4v) is 1.66. The Balaban J connectivity index is 2.50. The molecule has 0 unspecified atom stereocenters. The molecule has 96 valence electrons. The average Bonchev–Trinajstić information content (AvgIpc) is 2.25. The van der Waals surface area contributed by atoms with Crippen LogP contribution >= 0.6 is 0 Å². The fourth-order valence-electron chi connectivity index (χ4n) is 1.66. The van der Waals surface area contributed by atoms with Crippen molar-refractivity contribution in [3.63, 3.8) is 0 Å². The number of amides is 2. The van der Waals surface area contributed by atoms with E-state index >= 15 is 0 Å². The Kier molecular flexibility index (Phi) is 4.26. The summed E-state index contributed by atoms with van der Waals surface area (Å²) >= 11 is 0. The number of ether oxygens (including phenoxy) is 1. The van der Waals surface area contributed by atoms with Crippen LogP contribution in [-0.2, 0) is 9.53 Å². The van der Waals surface area contributed by atoms with Crippen LogP contribution in [0.15, 0.2) is 0 Å². The van der Waals surface area contributed by atoms with Crippen molar-refractivity contribution in [3.05, 3.63) is 6.92 Å². The first-order valence-corrected chi connectivity index (χ1v) is 5.91. The van der Waals surface area contributed by atoms with Crippen LogP contribution in [0.1, 0.15) is 40.0 Å². The first-order chi connectivity index (χ1) is 7.78. The lowest BCUT2D eigenvalue weighted by Gasteiger charge is -2.22. The van der Waals surface area contributed by atoms with E-state index in [1.807, 2.05) is 0 Å². The fraction of sp³-hybridized carbons (Fsp3) is 0.750. The van der Waals surface area contributed by atoms with Gasteiger partial charge in [0.25, 0.3) is 0 Å². The minimum Gasteiger partial charge on any atom is -0.444 e. The van der Waals surface area contributed by atoms with Crippen LogP contribution in [-0.4, -0.2) is 29.7 Å². The van der Waals surface area contributed by atoms with Crippen molar-refractivity contribution in [2.45, 2.75) is 57.7 Å². The summed E-state index contributed by atoms with van der Waals surface area (Å²) < 4.78 is 5.11. The molecule has 0 aliphatic carbocycles. The van der Waals surface area contributed by atoms with Crippen molar-refractivity contribution < 1.29 is 14.3 Å². The minimum atomic E-state index is -0.555. The van der Waals surface area contributed by atoms with Crippen LogP contribution < -0.4 is 10.6 Å². The molecular formula is C12H21N2O3+. The van der Waals surface area contributed by atoms with Gasteiger partial charge >= 0.3 is 6.09 Å². The first-order valence-electron chi connectivity index (χ1n) is 5.91. The number of alkyl carbamates (subject to hydrolysis) is 1. The van der Waals surface area contributed by atoms with E-state index in [9.17, 15) is 9.59 Å². The summed E-state index contributed by atoms with van der Waals surface area (Å²) in [5.41, 5.74) is -0.555. The van der Waals surface area contributed by atoms with Crippen molar-refractivity contribution in [3.8, 4) is 0 Å². The molecule has 2 amide bonds. The highest BCUT2D eigenvalue weighted by molar-refractivity contribution is 5.86. The molecule has 0 aromatic carbocycles. The van der Waals surface area contributed by atoms with Crippen LogP contribution in [0.3, 0.4) is 0 Å². The lowest BCUT2D eigenvalue weighted by atomic mass is 10.1. The van der Waals surface area contributed by atoms with E-state index < -0.39 is 17.7 Å². The zero-order valence-corrected chi connectivity index (χ0v) is 10.7. The number of carbonyl (C=O) groups excluding carboxylic acids is 2. The largest absolute Gasteiger partial charge is 0.444 e. The smallest absolute Gasteiger partial charge is 0.408 e. The summed E-state index contributed by atoms with van der Waals surface area (Å²) in [7, 11) is 0. The third-order valence-electron chi connectivity index (χ3n) is 2.40. The number of rotatable bonds is 1. The molecule has 2 N–H and O–H groups in total. The van der Waals surface area contributed by atoms with E-state index in [1.165, 1.54) is 0 Å². The maximum absolute atomic E-state index is 11.7.